The average molecular weight is 272 g/mol. The van der Waals surface area contributed by atoms with Gasteiger partial charge in [-0.05, 0) is 39.1 Å². The summed E-state index contributed by atoms with van der Waals surface area (Å²) >= 11 is 0. The number of rotatable bonds is 2. The van der Waals surface area contributed by atoms with E-state index in [-0.39, 0.29) is 0 Å². The molecule has 0 saturated heterocycles. The van der Waals surface area contributed by atoms with Crippen molar-refractivity contribution in [3.8, 4) is 11.1 Å². The van der Waals surface area contributed by atoms with Gasteiger partial charge in [0.05, 0.1) is 5.56 Å². The number of benzene rings is 3. The van der Waals surface area contributed by atoms with Gasteiger partial charge in [0.1, 0.15) is 0 Å². The van der Waals surface area contributed by atoms with Gasteiger partial charge in [0, 0.05) is 0 Å². The molecule has 100 valence electrons. The zero-order chi connectivity index (χ0) is 14.4. The second kappa shape index (κ2) is 4.32. The van der Waals surface area contributed by atoms with Crippen molar-refractivity contribution in [1.82, 2.24) is 0 Å². The molecule has 0 saturated carbocycles. The molecular formula is C19H12O2. The van der Waals surface area contributed by atoms with Crippen molar-refractivity contribution in [2.24, 2.45) is 0 Å². The quantitative estimate of drug-likeness (QED) is 0.575. The van der Waals surface area contributed by atoms with Crippen LogP contribution in [0, 0.1) is 0 Å². The summed E-state index contributed by atoms with van der Waals surface area (Å²) in [4.78, 5) is 11.5. The lowest BCUT2D eigenvalue weighted by Gasteiger charge is -2.11. The van der Waals surface area contributed by atoms with Gasteiger partial charge in [-0.3, -0.25) is 0 Å². The third kappa shape index (κ3) is 1.69. The van der Waals surface area contributed by atoms with E-state index in [1.54, 1.807) is 12.1 Å². The van der Waals surface area contributed by atoms with E-state index in [9.17, 15) is 9.90 Å². The molecule has 0 amide bonds. The van der Waals surface area contributed by atoms with Crippen molar-refractivity contribution in [1.29, 1.82) is 0 Å². The molecule has 2 heteroatoms. The summed E-state index contributed by atoms with van der Waals surface area (Å²) in [6, 6.07) is 17.4. The number of carboxylic acids is 1. The van der Waals surface area contributed by atoms with Gasteiger partial charge in [0.2, 0.25) is 0 Å². The Balaban J connectivity index is 2.09. The third-order valence-corrected chi connectivity index (χ3v) is 4.00. The van der Waals surface area contributed by atoms with Crippen LogP contribution in [0.25, 0.3) is 34.1 Å². The first kappa shape index (κ1) is 11.9. The molecule has 21 heavy (non-hydrogen) atoms. The Kier molecular flexibility index (Phi) is 2.45. The van der Waals surface area contributed by atoms with Gasteiger partial charge in [-0.2, -0.15) is 0 Å². The van der Waals surface area contributed by atoms with Crippen LogP contribution in [0.3, 0.4) is 0 Å². The van der Waals surface area contributed by atoms with E-state index in [1.807, 2.05) is 24.3 Å². The van der Waals surface area contributed by atoms with Crippen molar-refractivity contribution < 1.29 is 9.90 Å². The van der Waals surface area contributed by atoms with E-state index in [1.165, 1.54) is 16.5 Å². The Labute approximate surface area is 122 Å². The molecule has 0 spiro atoms. The number of carboxylic acid groups (broad SMARTS) is 1. The van der Waals surface area contributed by atoms with Crippen LogP contribution >= 0.6 is 0 Å². The van der Waals surface area contributed by atoms with Gasteiger partial charge < -0.3 is 5.11 Å². The molecule has 3 aromatic carbocycles. The Morgan fingerprint density at radius 2 is 1.52 bits per heavy atom. The molecule has 0 aliphatic heterocycles. The summed E-state index contributed by atoms with van der Waals surface area (Å²) in [7, 11) is 0. The number of carbonyl (C=O) groups is 1. The lowest BCUT2D eigenvalue weighted by molar-refractivity contribution is 0.0698. The maximum Gasteiger partial charge on any atom is 0.336 e. The average Bonchev–Trinajstić information content (AvgIpc) is 2.93. The zero-order valence-corrected chi connectivity index (χ0v) is 11.2. The molecule has 0 fully saturated rings. The van der Waals surface area contributed by atoms with Crippen molar-refractivity contribution >= 4 is 28.9 Å². The number of hydrogen-bond donors (Lipinski definition) is 1. The lowest BCUT2D eigenvalue weighted by Crippen LogP contribution is -1.99. The highest BCUT2D eigenvalue weighted by molar-refractivity contribution is 6.11. The van der Waals surface area contributed by atoms with Crippen LogP contribution < -0.4 is 0 Å². The van der Waals surface area contributed by atoms with Crippen molar-refractivity contribution in [2.45, 2.75) is 0 Å². The van der Waals surface area contributed by atoms with E-state index in [4.69, 9.17) is 0 Å². The predicted molar refractivity (Wildman–Crippen MR) is 85.3 cm³/mol. The van der Waals surface area contributed by atoms with Gasteiger partial charge >= 0.3 is 5.97 Å². The molecule has 2 nitrogen and oxygen atoms in total. The number of aromatic carboxylic acids is 1. The Morgan fingerprint density at radius 1 is 0.762 bits per heavy atom. The van der Waals surface area contributed by atoms with Crippen LogP contribution in [0.1, 0.15) is 21.5 Å². The Hall–Kier alpha value is -2.87. The SMILES string of the molecule is O=C(O)c1ccccc1-c1ccc2c3c(cccc13)C=C2. The highest BCUT2D eigenvalue weighted by Crippen LogP contribution is 2.38. The molecule has 1 N–H and O–H groups in total. The fraction of sp³-hybridized carbons (Fsp3) is 0. The summed E-state index contributed by atoms with van der Waals surface area (Å²) in [5, 5.41) is 11.7. The minimum absolute atomic E-state index is 0.337. The molecule has 4 rings (SSSR count). The van der Waals surface area contributed by atoms with Crippen LogP contribution in [0.2, 0.25) is 0 Å². The van der Waals surface area contributed by atoms with E-state index >= 15 is 0 Å². The maximum absolute atomic E-state index is 11.5. The van der Waals surface area contributed by atoms with Crippen LogP contribution in [-0.4, -0.2) is 11.1 Å². The van der Waals surface area contributed by atoms with Crippen molar-refractivity contribution in [3.63, 3.8) is 0 Å². The standard InChI is InChI=1S/C19H12O2/c20-19(21)17-6-2-1-5-14(17)15-11-10-13-9-8-12-4-3-7-16(15)18(12)13/h1-11H,(H,20,21). The van der Waals surface area contributed by atoms with Gasteiger partial charge in [-0.1, -0.05) is 60.7 Å². The van der Waals surface area contributed by atoms with Gasteiger partial charge in [-0.15, -0.1) is 0 Å². The van der Waals surface area contributed by atoms with Crippen molar-refractivity contribution in [2.75, 3.05) is 0 Å². The number of hydrogen-bond acceptors (Lipinski definition) is 1. The first-order valence-corrected chi connectivity index (χ1v) is 6.82. The predicted octanol–water partition coefficient (Wildman–Crippen LogP) is 4.69. The molecule has 1 aliphatic carbocycles. The van der Waals surface area contributed by atoms with Crippen LogP contribution in [0.15, 0.2) is 54.6 Å². The molecule has 3 aromatic rings. The molecule has 0 bridgehead atoms. The first-order valence-electron chi connectivity index (χ1n) is 6.82. The van der Waals surface area contributed by atoms with Gasteiger partial charge in [-0.25, -0.2) is 4.79 Å². The highest BCUT2D eigenvalue weighted by atomic mass is 16.4. The second-order valence-electron chi connectivity index (χ2n) is 5.16. The monoisotopic (exact) mass is 272 g/mol. The molecule has 0 atom stereocenters. The van der Waals surface area contributed by atoms with Gasteiger partial charge in [0.15, 0.2) is 0 Å². The first-order chi connectivity index (χ1) is 10.3. The molecule has 0 heterocycles. The van der Waals surface area contributed by atoms with E-state index in [0.717, 1.165) is 16.5 Å². The minimum atomic E-state index is -0.896. The topological polar surface area (TPSA) is 37.3 Å². The van der Waals surface area contributed by atoms with Crippen LogP contribution in [0.4, 0.5) is 0 Å². The van der Waals surface area contributed by atoms with Crippen LogP contribution in [-0.2, 0) is 0 Å². The van der Waals surface area contributed by atoms with Crippen LogP contribution in [0.5, 0.6) is 0 Å². The Bertz CT molecular complexity index is 908. The summed E-state index contributed by atoms with van der Waals surface area (Å²) in [6.45, 7) is 0. The summed E-state index contributed by atoms with van der Waals surface area (Å²) < 4.78 is 0. The summed E-state index contributed by atoms with van der Waals surface area (Å²) in [5.41, 5.74) is 4.45. The Morgan fingerprint density at radius 3 is 2.33 bits per heavy atom. The highest BCUT2D eigenvalue weighted by Gasteiger charge is 2.16. The smallest absolute Gasteiger partial charge is 0.336 e. The largest absolute Gasteiger partial charge is 0.478 e. The maximum atomic E-state index is 11.5. The van der Waals surface area contributed by atoms with E-state index < -0.39 is 5.97 Å². The molecule has 1 aliphatic rings. The van der Waals surface area contributed by atoms with E-state index in [0.29, 0.717) is 5.56 Å². The normalized spacial score (nSPS) is 12.0. The lowest BCUT2D eigenvalue weighted by atomic mass is 9.92. The molecule has 0 radical (unpaired) electrons. The summed E-state index contributed by atoms with van der Waals surface area (Å²) in [6.07, 6.45) is 4.20. The second-order valence-corrected chi connectivity index (χ2v) is 5.16. The molecule has 0 aromatic heterocycles. The van der Waals surface area contributed by atoms with Gasteiger partial charge in [0.25, 0.3) is 0 Å². The van der Waals surface area contributed by atoms with Crippen molar-refractivity contribution in [3.05, 3.63) is 71.3 Å². The molecular weight excluding hydrogens is 260 g/mol. The summed E-state index contributed by atoms with van der Waals surface area (Å²) in [5.74, 6) is -0.896. The zero-order valence-electron chi connectivity index (χ0n) is 11.2. The fourth-order valence-corrected chi connectivity index (χ4v) is 3.06. The minimum Gasteiger partial charge on any atom is -0.478 e. The van der Waals surface area contributed by atoms with E-state index in [2.05, 4.69) is 30.4 Å². The third-order valence-electron chi connectivity index (χ3n) is 4.00. The molecule has 0 unspecified atom stereocenters. The fourth-order valence-electron chi connectivity index (χ4n) is 3.06.